The monoisotopic (exact) mass is 387 g/mol. The van der Waals surface area contributed by atoms with Crippen LogP contribution in [0.3, 0.4) is 0 Å². The van der Waals surface area contributed by atoms with Crippen LogP contribution in [0.4, 0.5) is 18.9 Å². The van der Waals surface area contributed by atoms with Crippen LogP contribution in [-0.2, 0) is 11.2 Å². The number of hydrogen-bond donors (Lipinski definition) is 1. The van der Waals surface area contributed by atoms with Gasteiger partial charge in [-0.1, -0.05) is 40.2 Å². The fourth-order valence-corrected chi connectivity index (χ4v) is 2.39. The molecule has 0 aliphatic rings. The van der Waals surface area contributed by atoms with Crippen LogP contribution in [0.5, 0.6) is 5.75 Å². The van der Waals surface area contributed by atoms with Gasteiger partial charge in [-0.15, -0.1) is 13.2 Å². The number of para-hydroxylation sites is 2. The van der Waals surface area contributed by atoms with Crippen molar-refractivity contribution in [3.05, 3.63) is 58.6 Å². The topological polar surface area (TPSA) is 38.3 Å². The zero-order chi connectivity index (χ0) is 16.9. The molecule has 1 amide bonds. The van der Waals surface area contributed by atoms with Crippen molar-refractivity contribution in [2.75, 3.05) is 5.32 Å². The van der Waals surface area contributed by atoms with Crippen LogP contribution in [0.2, 0.25) is 0 Å². The number of hydrogen-bond acceptors (Lipinski definition) is 2. The Morgan fingerprint density at radius 3 is 2.57 bits per heavy atom. The number of amides is 1. The van der Waals surface area contributed by atoms with Gasteiger partial charge in [-0.2, -0.15) is 0 Å². The second kappa shape index (κ2) is 7.50. The summed E-state index contributed by atoms with van der Waals surface area (Å²) in [7, 11) is 0. The van der Waals surface area contributed by atoms with Crippen LogP contribution in [0.15, 0.2) is 53.0 Å². The third kappa shape index (κ3) is 5.94. The number of alkyl halides is 3. The number of anilines is 1. The Labute approximate surface area is 139 Å². The summed E-state index contributed by atoms with van der Waals surface area (Å²) in [4.78, 5) is 11.9. The van der Waals surface area contributed by atoms with E-state index in [0.29, 0.717) is 6.42 Å². The minimum Gasteiger partial charge on any atom is -0.404 e. The first-order valence-electron chi connectivity index (χ1n) is 6.72. The van der Waals surface area contributed by atoms with Crippen molar-refractivity contribution < 1.29 is 22.7 Å². The summed E-state index contributed by atoms with van der Waals surface area (Å²) >= 11 is 3.34. The molecule has 0 saturated heterocycles. The van der Waals surface area contributed by atoms with Gasteiger partial charge in [0.2, 0.25) is 5.91 Å². The molecule has 0 aromatic heterocycles. The summed E-state index contributed by atoms with van der Waals surface area (Å²) in [5, 5.41) is 2.44. The molecule has 0 unspecified atom stereocenters. The number of aryl methyl sites for hydroxylation is 1. The van der Waals surface area contributed by atoms with Gasteiger partial charge in [0.25, 0.3) is 0 Å². The molecule has 0 fully saturated rings. The molecule has 0 radical (unpaired) electrons. The van der Waals surface area contributed by atoms with Crippen molar-refractivity contribution in [1.29, 1.82) is 0 Å². The van der Waals surface area contributed by atoms with E-state index in [9.17, 15) is 18.0 Å². The minimum atomic E-state index is -4.81. The van der Waals surface area contributed by atoms with Crippen LogP contribution in [0.25, 0.3) is 0 Å². The third-order valence-corrected chi connectivity index (χ3v) is 3.41. The maximum Gasteiger partial charge on any atom is 0.573 e. The van der Waals surface area contributed by atoms with Crippen LogP contribution in [0.1, 0.15) is 12.0 Å². The lowest BCUT2D eigenvalue weighted by Gasteiger charge is -2.13. The van der Waals surface area contributed by atoms with E-state index in [4.69, 9.17) is 0 Å². The SMILES string of the molecule is O=C(CCc1cccc(Br)c1)Nc1ccccc1OC(F)(F)F. The molecule has 0 heterocycles. The maximum atomic E-state index is 12.3. The van der Waals surface area contributed by atoms with E-state index in [1.807, 2.05) is 24.3 Å². The third-order valence-electron chi connectivity index (χ3n) is 2.92. The molecular formula is C16H13BrF3NO2. The van der Waals surface area contributed by atoms with Gasteiger partial charge in [-0.25, -0.2) is 0 Å². The van der Waals surface area contributed by atoms with E-state index in [1.165, 1.54) is 18.2 Å². The first-order chi connectivity index (χ1) is 10.8. The Morgan fingerprint density at radius 1 is 1.13 bits per heavy atom. The molecule has 0 aliphatic carbocycles. The molecule has 23 heavy (non-hydrogen) atoms. The second-order valence-electron chi connectivity index (χ2n) is 4.72. The molecule has 7 heteroatoms. The Morgan fingerprint density at radius 2 is 1.87 bits per heavy atom. The predicted molar refractivity (Wildman–Crippen MR) is 84.2 cm³/mol. The molecule has 2 aromatic rings. The van der Waals surface area contributed by atoms with Gasteiger partial charge in [-0.3, -0.25) is 4.79 Å². The molecule has 0 saturated carbocycles. The lowest BCUT2D eigenvalue weighted by molar-refractivity contribution is -0.274. The lowest BCUT2D eigenvalue weighted by atomic mass is 10.1. The second-order valence-corrected chi connectivity index (χ2v) is 5.64. The van der Waals surface area contributed by atoms with E-state index in [1.54, 1.807) is 0 Å². The van der Waals surface area contributed by atoms with Crippen molar-refractivity contribution in [3.63, 3.8) is 0 Å². The highest BCUT2D eigenvalue weighted by atomic mass is 79.9. The van der Waals surface area contributed by atoms with Gasteiger partial charge in [0.1, 0.15) is 0 Å². The summed E-state index contributed by atoms with van der Waals surface area (Å²) in [6, 6.07) is 12.9. The summed E-state index contributed by atoms with van der Waals surface area (Å²) < 4.78 is 41.8. The number of benzene rings is 2. The fourth-order valence-electron chi connectivity index (χ4n) is 1.95. The predicted octanol–water partition coefficient (Wildman–Crippen LogP) is 4.92. The van der Waals surface area contributed by atoms with Crippen molar-refractivity contribution in [2.45, 2.75) is 19.2 Å². The van der Waals surface area contributed by atoms with E-state index in [2.05, 4.69) is 26.0 Å². The molecule has 2 aromatic carbocycles. The lowest BCUT2D eigenvalue weighted by Crippen LogP contribution is -2.19. The molecule has 0 bridgehead atoms. The van der Waals surface area contributed by atoms with Gasteiger partial charge in [0.15, 0.2) is 5.75 Å². The van der Waals surface area contributed by atoms with E-state index in [-0.39, 0.29) is 18.0 Å². The molecule has 1 N–H and O–H groups in total. The minimum absolute atomic E-state index is 0.0101. The highest BCUT2D eigenvalue weighted by molar-refractivity contribution is 9.10. The van der Waals surface area contributed by atoms with Gasteiger partial charge in [-0.05, 0) is 36.2 Å². The molecule has 0 aliphatic heterocycles. The van der Waals surface area contributed by atoms with Crippen LogP contribution in [-0.4, -0.2) is 12.3 Å². The Balaban J connectivity index is 1.98. The molecule has 122 valence electrons. The molecule has 2 rings (SSSR count). The van der Waals surface area contributed by atoms with E-state index in [0.717, 1.165) is 16.1 Å². The average Bonchev–Trinajstić information content (AvgIpc) is 2.46. The number of halogens is 4. The fraction of sp³-hybridized carbons (Fsp3) is 0.188. The largest absolute Gasteiger partial charge is 0.573 e. The zero-order valence-electron chi connectivity index (χ0n) is 11.9. The first-order valence-corrected chi connectivity index (χ1v) is 7.52. The summed E-state index contributed by atoms with van der Waals surface area (Å²) in [5.41, 5.74) is 0.943. The van der Waals surface area contributed by atoms with Crippen molar-refractivity contribution in [1.82, 2.24) is 0 Å². The maximum absolute atomic E-state index is 12.3. The van der Waals surface area contributed by atoms with Crippen molar-refractivity contribution in [2.24, 2.45) is 0 Å². The Kier molecular flexibility index (Phi) is 5.65. The van der Waals surface area contributed by atoms with Crippen molar-refractivity contribution in [3.8, 4) is 5.75 Å². The van der Waals surface area contributed by atoms with E-state index < -0.39 is 12.1 Å². The van der Waals surface area contributed by atoms with Crippen LogP contribution < -0.4 is 10.1 Å². The summed E-state index contributed by atoms with van der Waals surface area (Å²) in [6.07, 6.45) is -4.18. The smallest absolute Gasteiger partial charge is 0.404 e. The molecule has 0 atom stereocenters. The highest BCUT2D eigenvalue weighted by Gasteiger charge is 2.32. The Hall–Kier alpha value is -2.02. The van der Waals surface area contributed by atoms with E-state index >= 15 is 0 Å². The van der Waals surface area contributed by atoms with Crippen LogP contribution >= 0.6 is 15.9 Å². The Bertz CT molecular complexity index is 689. The van der Waals surface area contributed by atoms with Crippen LogP contribution in [0, 0.1) is 0 Å². The van der Waals surface area contributed by atoms with Crippen molar-refractivity contribution >= 4 is 27.5 Å². The van der Waals surface area contributed by atoms with Gasteiger partial charge < -0.3 is 10.1 Å². The van der Waals surface area contributed by atoms with Gasteiger partial charge in [0, 0.05) is 10.9 Å². The number of nitrogens with one attached hydrogen (secondary N) is 1. The average molecular weight is 388 g/mol. The molecule has 0 spiro atoms. The van der Waals surface area contributed by atoms with Gasteiger partial charge in [0.05, 0.1) is 5.69 Å². The summed E-state index contributed by atoms with van der Waals surface area (Å²) in [5.74, 6) is -0.820. The highest BCUT2D eigenvalue weighted by Crippen LogP contribution is 2.30. The number of carbonyl (C=O) groups is 1. The number of rotatable bonds is 5. The first kappa shape index (κ1) is 17.3. The number of carbonyl (C=O) groups excluding carboxylic acids is 1. The summed E-state index contributed by atoms with van der Waals surface area (Å²) in [6.45, 7) is 0. The quantitative estimate of drug-likeness (QED) is 0.790. The normalized spacial score (nSPS) is 11.1. The molecule has 3 nitrogen and oxygen atoms in total. The standard InChI is InChI=1S/C16H13BrF3NO2/c17-12-5-3-4-11(10-12)8-9-15(22)21-13-6-1-2-7-14(13)23-16(18,19)20/h1-7,10H,8-9H2,(H,21,22). The molecular weight excluding hydrogens is 375 g/mol. The number of ether oxygens (including phenoxy) is 1. The zero-order valence-corrected chi connectivity index (χ0v) is 13.4. The van der Waals surface area contributed by atoms with Gasteiger partial charge >= 0.3 is 6.36 Å².